The molecule has 16 heavy (non-hydrogen) atoms. The normalized spacial score (nSPS) is 16.8. The molecule has 0 radical (unpaired) electrons. The minimum atomic E-state index is -0.104. The average Bonchev–Trinajstić information content (AvgIpc) is 3.01. The van der Waals surface area contributed by atoms with Crippen LogP contribution in [0.25, 0.3) is 0 Å². The van der Waals surface area contributed by atoms with Gasteiger partial charge in [-0.05, 0) is 25.3 Å². The van der Waals surface area contributed by atoms with Gasteiger partial charge in [-0.2, -0.15) is 0 Å². The van der Waals surface area contributed by atoms with Gasteiger partial charge in [0.25, 0.3) is 5.91 Å². The third-order valence-corrected chi connectivity index (χ3v) is 2.86. The van der Waals surface area contributed by atoms with Crippen LogP contribution in [0.15, 0.2) is 18.5 Å². The number of carbonyl (C=O) groups excluding carboxylic acids is 1. The molecule has 4 heteroatoms. The standard InChI is InChI=1S/C12H17N3O/c1-8(6-9-2-3-9)15-12(16)10-4-5-14-7-11(10)13/h4-5,7-9H,2-3,6,13H2,1H3,(H,15,16). The lowest BCUT2D eigenvalue weighted by molar-refractivity contribution is 0.0938. The van der Waals surface area contributed by atoms with Crippen LogP contribution in [0.1, 0.15) is 36.5 Å². The number of hydrogen-bond acceptors (Lipinski definition) is 3. The molecule has 1 aliphatic carbocycles. The van der Waals surface area contributed by atoms with Gasteiger partial charge in [0.2, 0.25) is 0 Å². The van der Waals surface area contributed by atoms with Crippen molar-refractivity contribution in [3.63, 3.8) is 0 Å². The van der Waals surface area contributed by atoms with Gasteiger partial charge < -0.3 is 11.1 Å². The Labute approximate surface area is 95.3 Å². The van der Waals surface area contributed by atoms with E-state index in [9.17, 15) is 4.79 Å². The molecule has 4 nitrogen and oxygen atoms in total. The van der Waals surface area contributed by atoms with E-state index in [0.29, 0.717) is 11.3 Å². The summed E-state index contributed by atoms with van der Waals surface area (Å²) in [5, 5.41) is 2.96. The molecule has 1 fully saturated rings. The van der Waals surface area contributed by atoms with E-state index in [1.54, 1.807) is 12.3 Å². The van der Waals surface area contributed by atoms with Gasteiger partial charge in [0, 0.05) is 12.2 Å². The highest BCUT2D eigenvalue weighted by atomic mass is 16.1. The molecule has 1 atom stereocenters. The molecule has 0 bridgehead atoms. The largest absolute Gasteiger partial charge is 0.397 e. The van der Waals surface area contributed by atoms with Crippen molar-refractivity contribution < 1.29 is 4.79 Å². The zero-order chi connectivity index (χ0) is 11.5. The summed E-state index contributed by atoms with van der Waals surface area (Å²) in [6, 6.07) is 1.86. The first-order chi connectivity index (χ1) is 7.66. The number of nitrogens with two attached hydrogens (primary N) is 1. The number of amides is 1. The van der Waals surface area contributed by atoms with Crippen LogP contribution in [0, 0.1) is 5.92 Å². The molecule has 0 aromatic carbocycles. The number of anilines is 1. The number of nitrogens with one attached hydrogen (secondary N) is 1. The van der Waals surface area contributed by atoms with Gasteiger partial charge in [-0.15, -0.1) is 0 Å². The van der Waals surface area contributed by atoms with Crippen molar-refractivity contribution in [2.45, 2.75) is 32.2 Å². The van der Waals surface area contributed by atoms with Gasteiger partial charge in [-0.3, -0.25) is 9.78 Å². The molecule has 1 aromatic heterocycles. The summed E-state index contributed by atoms with van der Waals surface area (Å²) in [5.41, 5.74) is 6.63. The maximum absolute atomic E-state index is 11.9. The highest BCUT2D eigenvalue weighted by Gasteiger charge is 2.24. The minimum absolute atomic E-state index is 0.104. The van der Waals surface area contributed by atoms with Crippen molar-refractivity contribution in [3.05, 3.63) is 24.0 Å². The Kier molecular flexibility index (Phi) is 3.08. The first-order valence-electron chi connectivity index (χ1n) is 5.67. The predicted octanol–water partition coefficient (Wildman–Crippen LogP) is 1.58. The third-order valence-electron chi connectivity index (χ3n) is 2.86. The quantitative estimate of drug-likeness (QED) is 0.808. The molecule has 1 saturated carbocycles. The van der Waals surface area contributed by atoms with Gasteiger partial charge in [0.15, 0.2) is 0 Å². The smallest absolute Gasteiger partial charge is 0.253 e. The second-order valence-corrected chi connectivity index (χ2v) is 4.52. The minimum Gasteiger partial charge on any atom is -0.397 e. The van der Waals surface area contributed by atoms with Crippen LogP contribution >= 0.6 is 0 Å². The van der Waals surface area contributed by atoms with Gasteiger partial charge in [-0.25, -0.2) is 0 Å². The molecule has 2 rings (SSSR count). The zero-order valence-corrected chi connectivity index (χ0v) is 9.44. The maximum Gasteiger partial charge on any atom is 0.253 e. The molecule has 1 heterocycles. The van der Waals surface area contributed by atoms with Crippen molar-refractivity contribution in [1.29, 1.82) is 0 Å². The SMILES string of the molecule is CC(CC1CC1)NC(=O)c1ccncc1N. The molecule has 1 unspecified atom stereocenters. The van der Waals surface area contributed by atoms with Gasteiger partial charge in [0.1, 0.15) is 0 Å². The number of rotatable bonds is 4. The van der Waals surface area contributed by atoms with E-state index in [1.807, 2.05) is 6.92 Å². The Morgan fingerprint density at radius 2 is 2.44 bits per heavy atom. The van der Waals surface area contributed by atoms with Crippen LogP contribution in [-0.2, 0) is 0 Å². The average molecular weight is 219 g/mol. The molecule has 86 valence electrons. The van der Waals surface area contributed by atoms with Crippen LogP contribution in [0.4, 0.5) is 5.69 Å². The summed E-state index contributed by atoms with van der Waals surface area (Å²) >= 11 is 0. The summed E-state index contributed by atoms with van der Waals surface area (Å²) in [6.45, 7) is 2.04. The lowest BCUT2D eigenvalue weighted by Crippen LogP contribution is -2.33. The van der Waals surface area contributed by atoms with Gasteiger partial charge >= 0.3 is 0 Å². The summed E-state index contributed by atoms with van der Waals surface area (Å²) in [4.78, 5) is 15.7. The van der Waals surface area contributed by atoms with E-state index >= 15 is 0 Å². The Bertz CT molecular complexity index is 388. The Balaban J connectivity index is 1.94. The number of carbonyl (C=O) groups is 1. The van der Waals surface area contributed by atoms with Crippen molar-refractivity contribution >= 4 is 11.6 Å². The molecular weight excluding hydrogens is 202 g/mol. The fraction of sp³-hybridized carbons (Fsp3) is 0.500. The molecular formula is C12H17N3O. The predicted molar refractivity (Wildman–Crippen MR) is 62.9 cm³/mol. The number of nitrogen functional groups attached to an aromatic ring is 1. The molecule has 0 aliphatic heterocycles. The monoisotopic (exact) mass is 219 g/mol. The number of pyridine rings is 1. The molecule has 1 aliphatic rings. The number of aromatic nitrogens is 1. The van der Waals surface area contributed by atoms with Crippen LogP contribution in [0.5, 0.6) is 0 Å². The topological polar surface area (TPSA) is 68.0 Å². The fourth-order valence-corrected chi connectivity index (χ4v) is 1.83. The molecule has 1 amide bonds. The molecule has 3 N–H and O–H groups in total. The van der Waals surface area contributed by atoms with Crippen molar-refractivity contribution in [3.8, 4) is 0 Å². The van der Waals surface area contributed by atoms with Gasteiger partial charge in [-0.1, -0.05) is 12.8 Å². The van der Waals surface area contributed by atoms with Crippen molar-refractivity contribution in [2.75, 3.05) is 5.73 Å². The Morgan fingerprint density at radius 1 is 1.69 bits per heavy atom. The first-order valence-corrected chi connectivity index (χ1v) is 5.67. The second kappa shape index (κ2) is 4.51. The lowest BCUT2D eigenvalue weighted by Gasteiger charge is -2.13. The van der Waals surface area contributed by atoms with Gasteiger partial charge in [0.05, 0.1) is 17.4 Å². The third kappa shape index (κ3) is 2.72. The summed E-state index contributed by atoms with van der Waals surface area (Å²) in [7, 11) is 0. The highest BCUT2D eigenvalue weighted by molar-refractivity contribution is 5.98. The molecule has 0 spiro atoms. The van der Waals surface area contributed by atoms with E-state index in [4.69, 9.17) is 5.73 Å². The summed E-state index contributed by atoms with van der Waals surface area (Å²) in [6.07, 6.45) is 6.75. The van der Waals surface area contributed by atoms with E-state index in [1.165, 1.54) is 19.0 Å². The van der Waals surface area contributed by atoms with E-state index < -0.39 is 0 Å². The van der Waals surface area contributed by atoms with Crippen LogP contribution < -0.4 is 11.1 Å². The highest BCUT2D eigenvalue weighted by Crippen LogP contribution is 2.33. The van der Waals surface area contributed by atoms with E-state index in [-0.39, 0.29) is 11.9 Å². The van der Waals surface area contributed by atoms with E-state index in [2.05, 4.69) is 10.3 Å². The first kappa shape index (κ1) is 10.9. The van der Waals surface area contributed by atoms with Crippen molar-refractivity contribution in [1.82, 2.24) is 10.3 Å². The molecule has 1 aromatic rings. The number of hydrogen-bond donors (Lipinski definition) is 2. The zero-order valence-electron chi connectivity index (χ0n) is 9.44. The van der Waals surface area contributed by atoms with Crippen LogP contribution in [0.2, 0.25) is 0 Å². The van der Waals surface area contributed by atoms with Crippen molar-refractivity contribution in [2.24, 2.45) is 5.92 Å². The maximum atomic E-state index is 11.9. The summed E-state index contributed by atoms with van der Waals surface area (Å²) in [5.74, 6) is 0.707. The Hall–Kier alpha value is -1.58. The van der Waals surface area contributed by atoms with E-state index in [0.717, 1.165) is 12.3 Å². The molecule has 0 saturated heterocycles. The second-order valence-electron chi connectivity index (χ2n) is 4.52. The lowest BCUT2D eigenvalue weighted by atomic mass is 10.1. The Morgan fingerprint density at radius 3 is 3.06 bits per heavy atom. The number of nitrogens with zero attached hydrogens (tertiary/aromatic N) is 1. The fourth-order valence-electron chi connectivity index (χ4n) is 1.83. The van der Waals surface area contributed by atoms with Crippen LogP contribution in [-0.4, -0.2) is 16.9 Å². The van der Waals surface area contributed by atoms with Crippen LogP contribution in [0.3, 0.4) is 0 Å². The summed E-state index contributed by atoms with van der Waals surface area (Å²) < 4.78 is 0.